The number of carbonyl (C=O) groups excluding carboxylic acids is 1. The smallest absolute Gasteiger partial charge is 0.256 e. The first kappa shape index (κ1) is 13.1. The van der Waals surface area contributed by atoms with E-state index in [1.807, 2.05) is 30.7 Å². The highest BCUT2D eigenvalue weighted by Gasteiger charge is 2.13. The van der Waals surface area contributed by atoms with E-state index in [1.165, 1.54) is 11.3 Å². The van der Waals surface area contributed by atoms with Gasteiger partial charge in [-0.25, -0.2) is 0 Å². The number of nitrogen functional groups attached to an aromatic ring is 1. The molecule has 5 heteroatoms. The number of nitrogens with one attached hydrogen (secondary N) is 1. The van der Waals surface area contributed by atoms with E-state index in [-0.39, 0.29) is 5.91 Å². The van der Waals surface area contributed by atoms with Gasteiger partial charge in [0.25, 0.3) is 5.91 Å². The third kappa shape index (κ3) is 2.57. The second-order valence-electron chi connectivity index (χ2n) is 4.11. The number of thiophene rings is 1. The molecule has 94 valence electrons. The third-order valence-corrected chi connectivity index (χ3v) is 3.99. The van der Waals surface area contributed by atoms with Gasteiger partial charge < -0.3 is 11.1 Å². The molecular formula is C13H13BrN2OS. The lowest BCUT2D eigenvalue weighted by Crippen LogP contribution is -2.14. The zero-order chi connectivity index (χ0) is 13.3. The molecule has 0 saturated carbocycles. The van der Waals surface area contributed by atoms with Crippen LogP contribution in [-0.4, -0.2) is 5.91 Å². The van der Waals surface area contributed by atoms with Gasteiger partial charge in [0.2, 0.25) is 0 Å². The summed E-state index contributed by atoms with van der Waals surface area (Å²) in [5, 5.41) is 6.66. The van der Waals surface area contributed by atoms with Crippen molar-refractivity contribution in [3.05, 3.63) is 44.1 Å². The highest BCUT2D eigenvalue weighted by molar-refractivity contribution is 9.10. The Hall–Kier alpha value is -1.33. The van der Waals surface area contributed by atoms with Crippen LogP contribution in [0.2, 0.25) is 0 Å². The maximum absolute atomic E-state index is 12.1. The van der Waals surface area contributed by atoms with E-state index in [0.717, 1.165) is 15.6 Å². The van der Waals surface area contributed by atoms with E-state index >= 15 is 0 Å². The number of hydrogen-bond donors (Lipinski definition) is 2. The average molecular weight is 325 g/mol. The molecule has 0 fully saturated rings. The minimum atomic E-state index is -0.120. The fraction of sp³-hybridized carbons (Fsp3) is 0.154. The second kappa shape index (κ2) is 5.12. The highest BCUT2D eigenvalue weighted by Crippen LogP contribution is 2.28. The van der Waals surface area contributed by atoms with Crippen molar-refractivity contribution >= 4 is 44.5 Å². The molecule has 0 aliphatic heterocycles. The lowest BCUT2D eigenvalue weighted by Gasteiger charge is -2.11. The Labute approximate surface area is 118 Å². The van der Waals surface area contributed by atoms with Crippen molar-refractivity contribution in [3.8, 4) is 0 Å². The molecule has 0 atom stereocenters. The number of carbonyl (C=O) groups is 1. The molecule has 1 aromatic carbocycles. The zero-order valence-electron chi connectivity index (χ0n) is 10.1. The molecule has 2 aromatic rings. The van der Waals surface area contributed by atoms with Crippen molar-refractivity contribution in [3.63, 3.8) is 0 Å². The largest absolute Gasteiger partial charge is 0.397 e. The van der Waals surface area contributed by atoms with E-state index in [0.29, 0.717) is 16.9 Å². The van der Waals surface area contributed by atoms with E-state index in [9.17, 15) is 4.79 Å². The van der Waals surface area contributed by atoms with Gasteiger partial charge in [0, 0.05) is 9.85 Å². The van der Waals surface area contributed by atoms with E-state index in [2.05, 4.69) is 21.2 Å². The van der Waals surface area contributed by atoms with Crippen LogP contribution in [0.15, 0.2) is 27.4 Å². The fourth-order valence-corrected chi connectivity index (χ4v) is 3.13. The predicted molar refractivity (Wildman–Crippen MR) is 80.3 cm³/mol. The van der Waals surface area contributed by atoms with Gasteiger partial charge in [-0.15, -0.1) is 0 Å². The Kier molecular flexibility index (Phi) is 3.73. The summed E-state index contributed by atoms with van der Waals surface area (Å²) in [6.07, 6.45) is 0. The average Bonchev–Trinajstić information content (AvgIpc) is 2.69. The standard InChI is InChI=1S/C13H13BrN2OS/c1-7-3-9(14)4-11(15)12(7)16-13(17)10-6-18-5-8(10)2/h3-6H,15H2,1-2H3,(H,16,17). The summed E-state index contributed by atoms with van der Waals surface area (Å²) in [7, 11) is 0. The molecule has 3 nitrogen and oxygen atoms in total. The summed E-state index contributed by atoms with van der Waals surface area (Å²) >= 11 is 4.89. The van der Waals surface area contributed by atoms with E-state index in [1.54, 1.807) is 6.07 Å². The van der Waals surface area contributed by atoms with Gasteiger partial charge in [0.15, 0.2) is 0 Å². The van der Waals surface area contributed by atoms with Gasteiger partial charge in [0.05, 0.1) is 16.9 Å². The van der Waals surface area contributed by atoms with Crippen LogP contribution < -0.4 is 11.1 Å². The molecule has 0 spiro atoms. The molecule has 18 heavy (non-hydrogen) atoms. The van der Waals surface area contributed by atoms with Crippen molar-refractivity contribution in [2.24, 2.45) is 0 Å². The summed E-state index contributed by atoms with van der Waals surface area (Å²) < 4.78 is 0.905. The Bertz CT molecular complexity index is 584. The van der Waals surface area contributed by atoms with Crippen LogP contribution in [0.3, 0.4) is 0 Å². The first-order valence-electron chi connectivity index (χ1n) is 5.39. The Balaban J connectivity index is 2.31. The molecule has 3 N–H and O–H groups in total. The molecule has 0 radical (unpaired) electrons. The van der Waals surface area contributed by atoms with Crippen LogP contribution in [0, 0.1) is 13.8 Å². The van der Waals surface area contributed by atoms with Gasteiger partial charge in [-0.05, 0) is 42.5 Å². The topological polar surface area (TPSA) is 55.1 Å². The summed E-state index contributed by atoms with van der Waals surface area (Å²) in [5.74, 6) is -0.120. The number of hydrogen-bond acceptors (Lipinski definition) is 3. The molecule has 1 aromatic heterocycles. The summed E-state index contributed by atoms with van der Waals surface area (Å²) in [4.78, 5) is 12.1. The summed E-state index contributed by atoms with van der Waals surface area (Å²) in [6, 6.07) is 3.70. The van der Waals surface area contributed by atoms with Crippen molar-refractivity contribution in [2.75, 3.05) is 11.1 Å². The first-order chi connectivity index (χ1) is 8.49. The van der Waals surface area contributed by atoms with Crippen LogP contribution in [-0.2, 0) is 0 Å². The van der Waals surface area contributed by atoms with Gasteiger partial charge in [-0.2, -0.15) is 11.3 Å². The number of nitrogens with two attached hydrogens (primary N) is 1. The molecule has 0 unspecified atom stereocenters. The van der Waals surface area contributed by atoms with Gasteiger partial charge in [-0.3, -0.25) is 4.79 Å². The van der Waals surface area contributed by atoms with E-state index in [4.69, 9.17) is 5.73 Å². The van der Waals surface area contributed by atoms with Gasteiger partial charge >= 0.3 is 0 Å². The van der Waals surface area contributed by atoms with Crippen LogP contribution in [0.5, 0.6) is 0 Å². The molecule has 0 aliphatic carbocycles. The fourth-order valence-electron chi connectivity index (χ4n) is 1.71. The van der Waals surface area contributed by atoms with Crippen LogP contribution >= 0.6 is 27.3 Å². The molecule has 1 heterocycles. The molecule has 1 amide bonds. The minimum Gasteiger partial charge on any atom is -0.397 e. The SMILES string of the molecule is Cc1cscc1C(=O)Nc1c(C)cc(Br)cc1N. The normalized spacial score (nSPS) is 10.4. The predicted octanol–water partition coefficient (Wildman–Crippen LogP) is 3.96. The third-order valence-electron chi connectivity index (χ3n) is 2.67. The number of aryl methyl sites for hydroxylation is 2. The number of anilines is 2. The van der Waals surface area contributed by atoms with Crippen molar-refractivity contribution in [1.82, 2.24) is 0 Å². The highest BCUT2D eigenvalue weighted by atomic mass is 79.9. The van der Waals surface area contributed by atoms with Crippen LogP contribution in [0.1, 0.15) is 21.5 Å². The number of amides is 1. The molecule has 0 saturated heterocycles. The molecule has 2 rings (SSSR count). The minimum absolute atomic E-state index is 0.120. The Morgan fingerprint density at radius 3 is 2.56 bits per heavy atom. The van der Waals surface area contributed by atoms with Crippen LogP contribution in [0.4, 0.5) is 11.4 Å². The number of benzene rings is 1. The van der Waals surface area contributed by atoms with Gasteiger partial charge in [0.1, 0.15) is 0 Å². The van der Waals surface area contributed by atoms with Crippen molar-refractivity contribution in [1.29, 1.82) is 0 Å². The van der Waals surface area contributed by atoms with Crippen LogP contribution in [0.25, 0.3) is 0 Å². The maximum atomic E-state index is 12.1. The summed E-state index contributed by atoms with van der Waals surface area (Å²) in [5.41, 5.74) is 9.76. The Morgan fingerprint density at radius 2 is 2.00 bits per heavy atom. The van der Waals surface area contributed by atoms with Gasteiger partial charge in [-0.1, -0.05) is 15.9 Å². The summed E-state index contributed by atoms with van der Waals surface area (Å²) in [6.45, 7) is 3.83. The molecular weight excluding hydrogens is 312 g/mol. The lowest BCUT2D eigenvalue weighted by molar-refractivity contribution is 0.102. The van der Waals surface area contributed by atoms with E-state index < -0.39 is 0 Å². The number of halogens is 1. The zero-order valence-corrected chi connectivity index (χ0v) is 12.5. The number of rotatable bonds is 2. The quantitative estimate of drug-likeness (QED) is 0.821. The lowest BCUT2D eigenvalue weighted by atomic mass is 10.1. The molecule has 0 bridgehead atoms. The van der Waals surface area contributed by atoms with Crippen molar-refractivity contribution < 1.29 is 4.79 Å². The monoisotopic (exact) mass is 324 g/mol. The Morgan fingerprint density at radius 1 is 1.28 bits per heavy atom. The van der Waals surface area contributed by atoms with Crippen molar-refractivity contribution in [2.45, 2.75) is 13.8 Å². The second-order valence-corrected chi connectivity index (χ2v) is 5.77. The first-order valence-corrected chi connectivity index (χ1v) is 7.12. The molecule has 0 aliphatic rings. The maximum Gasteiger partial charge on any atom is 0.256 e.